The molecule has 0 aliphatic rings. The highest BCUT2D eigenvalue weighted by molar-refractivity contribution is 4.88. The molecule has 0 rings (SSSR count). The van der Waals surface area contributed by atoms with Crippen molar-refractivity contribution in [2.45, 2.75) is 68.2 Å². The molecule has 0 aliphatic heterocycles. The van der Waals surface area contributed by atoms with Crippen LogP contribution in [0.15, 0.2) is 11.6 Å². The summed E-state index contributed by atoms with van der Waals surface area (Å²) in [5.74, 6) is 0.884. The first-order chi connectivity index (χ1) is 5.95. The van der Waals surface area contributed by atoms with E-state index in [1.54, 1.807) is 0 Å². The molecule has 82 valence electrons. The van der Waals surface area contributed by atoms with Crippen LogP contribution >= 0.6 is 0 Å². The molecular formula is C13H30. The van der Waals surface area contributed by atoms with Crippen LogP contribution in [0.3, 0.4) is 0 Å². The third-order valence-corrected chi connectivity index (χ3v) is 1.39. The highest BCUT2D eigenvalue weighted by Crippen LogP contribution is 1.93. The fraction of sp³-hybridized carbons (Fsp3) is 0.846. The predicted octanol–water partition coefficient (Wildman–Crippen LogP) is 5.44. The Hall–Kier alpha value is -0.260. The van der Waals surface area contributed by atoms with Gasteiger partial charge in [0.25, 0.3) is 0 Å². The maximum Gasteiger partial charge on any atom is -0.0442 e. The van der Waals surface area contributed by atoms with Crippen LogP contribution in [0.2, 0.25) is 0 Å². The summed E-state index contributed by atoms with van der Waals surface area (Å²) in [6.45, 7) is 17.1. The van der Waals surface area contributed by atoms with E-state index >= 15 is 0 Å². The quantitative estimate of drug-likeness (QED) is 0.478. The number of hydrogen-bond acceptors (Lipinski definition) is 0. The molecule has 0 N–H and O–H groups in total. The first-order valence-electron chi connectivity index (χ1n) is 5.55. The maximum absolute atomic E-state index is 2.22. The number of hydrogen-bond donors (Lipinski definition) is 0. The van der Waals surface area contributed by atoms with E-state index < -0.39 is 0 Å². The van der Waals surface area contributed by atoms with E-state index in [1.165, 1.54) is 18.4 Å². The van der Waals surface area contributed by atoms with Crippen molar-refractivity contribution < 1.29 is 0 Å². The summed E-state index contributed by atoms with van der Waals surface area (Å²) >= 11 is 0. The van der Waals surface area contributed by atoms with Gasteiger partial charge in [0.1, 0.15) is 0 Å². The van der Waals surface area contributed by atoms with Gasteiger partial charge in [0.2, 0.25) is 0 Å². The molecule has 0 bridgehead atoms. The normalized spacial score (nSPS) is 7.77. The summed E-state index contributed by atoms with van der Waals surface area (Å²) in [6.07, 6.45) is 4.64. The Balaban J connectivity index is -0.000000120. The molecule has 0 heteroatoms. The maximum atomic E-state index is 2.22. The summed E-state index contributed by atoms with van der Waals surface area (Å²) < 4.78 is 0. The van der Waals surface area contributed by atoms with Gasteiger partial charge in [-0.15, -0.1) is 0 Å². The topological polar surface area (TPSA) is 0 Å². The minimum absolute atomic E-state index is 0.884. The monoisotopic (exact) mass is 186 g/mol. The van der Waals surface area contributed by atoms with Crippen molar-refractivity contribution in [1.82, 2.24) is 0 Å². The average molecular weight is 186 g/mol. The Morgan fingerprint density at radius 2 is 1.23 bits per heavy atom. The Bertz CT molecular complexity index is 84.2. The molecule has 0 saturated carbocycles. The fourth-order valence-electron chi connectivity index (χ4n) is 0. The predicted molar refractivity (Wildman–Crippen MR) is 66.2 cm³/mol. The second-order valence-electron chi connectivity index (χ2n) is 3.88. The molecule has 0 aromatic rings. The highest BCUT2D eigenvalue weighted by Gasteiger charge is 1.80. The van der Waals surface area contributed by atoms with Gasteiger partial charge in [0.15, 0.2) is 0 Å². The van der Waals surface area contributed by atoms with Crippen LogP contribution in [-0.4, -0.2) is 0 Å². The fourth-order valence-corrected chi connectivity index (χ4v) is 0. The van der Waals surface area contributed by atoms with Gasteiger partial charge < -0.3 is 0 Å². The lowest BCUT2D eigenvalue weighted by molar-refractivity contribution is 0.626. The van der Waals surface area contributed by atoms with Gasteiger partial charge in [-0.3, -0.25) is 0 Å². The van der Waals surface area contributed by atoms with Gasteiger partial charge in [-0.1, -0.05) is 59.1 Å². The third kappa shape index (κ3) is 79.6. The summed E-state index contributed by atoms with van der Waals surface area (Å²) in [7, 11) is 0. The Morgan fingerprint density at radius 3 is 1.23 bits per heavy atom. The van der Waals surface area contributed by atoms with Crippen molar-refractivity contribution >= 4 is 0 Å². The van der Waals surface area contributed by atoms with E-state index in [9.17, 15) is 0 Å². The van der Waals surface area contributed by atoms with Gasteiger partial charge >= 0.3 is 0 Å². The van der Waals surface area contributed by atoms with Crippen molar-refractivity contribution in [3.8, 4) is 0 Å². The molecule has 0 fully saturated rings. The van der Waals surface area contributed by atoms with Crippen molar-refractivity contribution in [3.05, 3.63) is 11.6 Å². The SMILES string of the molecule is CC=C(C)C.CCC.CCC(C)C. The minimum atomic E-state index is 0.884. The number of allylic oxidation sites excluding steroid dienone is 2. The van der Waals surface area contributed by atoms with Crippen molar-refractivity contribution in [1.29, 1.82) is 0 Å². The first-order valence-corrected chi connectivity index (χ1v) is 5.55. The minimum Gasteiger partial charge on any atom is -0.0890 e. The molecule has 0 amide bonds. The van der Waals surface area contributed by atoms with Gasteiger partial charge in [0, 0.05) is 0 Å². The van der Waals surface area contributed by atoms with E-state index in [-0.39, 0.29) is 0 Å². The lowest BCUT2D eigenvalue weighted by atomic mass is 10.2. The second kappa shape index (κ2) is 17.7. The highest BCUT2D eigenvalue weighted by atomic mass is 13.9. The zero-order valence-electron chi connectivity index (χ0n) is 11.1. The zero-order chi connectivity index (χ0) is 11.3. The van der Waals surface area contributed by atoms with E-state index in [0.29, 0.717) is 0 Å². The molecule has 0 aromatic heterocycles. The van der Waals surface area contributed by atoms with Crippen molar-refractivity contribution in [3.63, 3.8) is 0 Å². The smallest absolute Gasteiger partial charge is 0.0442 e. The lowest BCUT2D eigenvalue weighted by Gasteiger charge is -1.90. The first kappa shape index (κ1) is 18.5. The molecule has 0 aliphatic carbocycles. The average Bonchev–Trinajstić information content (AvgIpc) is 2.07. The van der Waals surface area contributed by atoms with Crippen LogP contribution in [-0.2, 0) is 0 Å². The Morgan fingerprint density at radius 1 is 1.08 bits per heavy atom. The molecule has 0 nitrogen and oxygen atoms in total. The van der Waals surface area contributed by atoms with Crippen LogP contribution in [0.1, 0.15) is 68.2 Å². The summed E-state index contributed by atoms with van der Waals surface area (Å²) in [5, 5.41) is 0. The molecule has 0 unspecified atom stereocenters. The van der Waals surface area contributed by atoms with Gasteiger partial charge in [-0.2, -0.15) is 0 Å². The molecule has 0 aromatic carbocycles. The Kier molecular flexibility index (Phi) is 25.2. The standard InChI is InChI=1S/C5H12.C5H10.C3H8/c2*1-4-5(2)3;1-3-2/h5H,4H2,1-3H3;4H,1-3H3;3H2,1-2H3. The lowest BCUT2D eigenvalue weighted by Crippen LogP contribution is -1.77. The summed E-state index contributed by atoms with van der Waals surface area (Å²) in [5.41, 5.74) is 1.38. The second-order valence-corrected chi connectivity index (χ2v) is 3.88. The summed E-state index contributed by atoms with van der Waals surface area (Å²) in [4.78, 5) is 0. The van der Waals surface area contributed by atoms with Crippen LogP contribution in [0.4, 0.5) is 0 Å². The largest absolute Gasteiger partial charge is 0.0890 e. The van der Waals surface area contributed by atoms with Gasteiger partial charge in [-0.05, 0) is 26.7 Å². The van der Waals surface area contributed by atoms with Crippen molar-refractivity contribution in [2.75, 3.05) is 0 Å². The van der Waals surface area contributed by atoms with Crippen molar-refractivity contribution in [2.24, 2.45) is 5.92 Å². The molecular weight excluding hydrogens is 156 g/mol. The molecule has 0 heterocycles. The van der Waals surface area contributed by atoms with E-state index in [1.807, 2.05) is 6.92 Å². The van der Waals surface area contributed by atoms with Gasteiger partial charge in [-0.25, -0.2) is 0 Å². The van der Waals surface area contributed by atoms with Crippen LogP contribution in [0, 0.1) is 5.92 Å². The third-order valence-electron chi connectivity index (χ3n) is 1.39. The van der Waals surface area contributed by atoms with E-state index in [4.69, 9.17) is 0 Å². The van der Waals surface area contributed by atoms with E-state index in [0.717, 1.165) is 5.92 Å². The van der Waals surface area contributed by atoms with Crippen LogP contribution in [0.5, 0.6) is 0 Å². The summed E-state index contributed by atoms with van der Waals surface area (Å²) in [6, 6.07) is 0. The Labute approximate surface area is 86.4 Å². The van der Waals surface area contributed by atoms with Crippen LogP contribution < -0.4 is 0 Å². The molecule has 13 heavy (non-hydrogen) atoms. The van der Waals surface area contributed by atoms with Gasteiger partial charge in [0.05, 0.1) is 0 Å². The van der Waals surface area contributed by atoms with Crippen LogP contribution in [0.25, 0.3) is 0 Å². The number of rotatable bonds is 1. The molecule has 0 radical (unpaired) electrons. The zero-order valence-corrected chi connectivity index (χ0v) is 11.1. The molecule has 0 spiro atoms. The molecule has 0 saturated heterocycles. The van der Waals surface area contributed by atoms with E-state index in [2.05, 4.69) is 54.5 Å². The molecule has 0 atom stereocenters.